The molecule has 2 rings (SSSR count). The summed E-state index contributed by atoms with van der Waals surface area (Å²) in [5.74, 6) is 0. The minimum atomic E-state index is -0.421. The third-order valence-electron chi connectivity index (χ3n) is 4.59. The van der Waals surface area contributed by atoms with Crippen LogP contribution in [-0.2, 0) is 4.74 Å². The zero-order valence-corrected chi connectivity index (χ0v) is 13.5. The summed E-state index contributed by atoms with van der Waals surface area (Å²) in [5.41, 5.74) is -0.0653. The molecule has 1 N–H and O–H groups in total. The van der Waals surface area contributed by atoms with Crippen LogP contribution in [-0.4, -0.2) is 41.3 Å². The number of alkyl carbamates (subject to hydrolysis) is 1. The van der Waals surface area contributed by atoms with E-state index in [9.17, 15) is 4.79 Å². The van der Waals surface area contributed by atoms with Crippen molar-refractivity contribution in [3.8, 4) is 0 Å². The molecule has 116 valence electrons. The Bertz CT molecular complexity index is 343. The summed E-state index contributed by atoms with van der Waals surface area (Å²) in [6.07, 6.45) is 7.23. The van der Waals surface area contributed by atoms with Crippen LogP contribution in [0.5, 0.6) is 0 Å². The molecule has 0 bridgehead atoms. The van der Waals surface area contributed by atoms with E-state index in [1.807, 2.05) is 20.8 Å². The van der Waals surface area contributed by atoms with Crippen molar-refractivity contribution in [1.29, 1.82) is 0 Å². The largest absolute Gasteiger partial charge is 0.444 e. The molecule has 1 amide bonds. The highest BCUT2D eigenvalue weighted by Gasteiger charge is 2.37. The SMILES string of the molecule is CC(C)(C)OC(=O)N[C@@H]1CCCN(C2(C)CCCC2)C1. The van der Waals surface area contributed by atoms with E-state index in [1.165, 1.54) is 32.2 Å². The number of piperidine rings is 1. The molecular weight excluding hydrogens is 252 g/mol. The molecule has 0 spiro atoms. The van der Waals surface area contributed by atoms with Crippen LogP contribution in [0.25, 0.3) is 0 Å². The average molecular weight is 282 g/mol. The van der Waals surface area contributed by atoms with Crippen molar-refractivity contribution in [1.82, 2.24) is 10.2 Å². The number of hydrogen-bond donors (Lipinski definition) is 1. The van der Waals surface area contributed by atoms with Gasteiger partial charge < -0.3 is 10.1 Å². The van der Waals surface area contributed by atoms with Gasteiger partial charge in [0.25, 0.3) is 0 Å². The average Bonchev–Trinajstić information content (AvgIpc) is 2.75. The van der Waals surface area contributed by atoms with E-state index in [-0.39, 0.29) is 12.1 Å². The Hall–Kier alpha value is -0.770. The molecule has 1 heterocycles. The van der Waals surface area contributed by atoms with E-state index < -0.39 is 5.60 Å². The van der Waals surface area contributed by atoms with Crippen LogP contribution in [0.2, 0.25) is 0 Å². The summed E-state index contributed by atoms with van der Waals surface area (Å²) in [6.45, 7) is 10.2. The Labute approximate surface area is 123 Å². The van der Waals surface area contributed by atoms with Gasteiger partial charge in [-0.3, -0.25) is 4.90 Å². The normalized spacial score (nSPS) is 27.3. The fraction of sp³-hybridized carbons (Fsp3) is 0.938. The van der Waals surface area contributed by atoms with E-state index in [4.69, 9.17) is 4.74 Å². The highest BCUT2D eigenvalue weighted by molar-refractivity contribution is 5.68. The standard InChI is InChI=1S/C16H30N2O2/c1-15(2,3)20-14(19)17-13-8-7-11-18(12-13)16(4)9-5-6-10-16/h13H,5-12H2,1-4H3,(H,17,19)/t13-/m1/s1. The molecule has 1 aliphatic heterocycles. The molecule has 0 aromatic carbocycles. The van der Waals surface area contributed by atoms with Gasteiger partial charge in [-0.2, -0.15) is 0 Å². The van der Waals surface area contributed by atoms with Crippen LogP contribution in [0, 0.1) is 0 Å². The number of rotatable bonds is 2. The fourth-order valence-corrected chi connectivity index (χ4v) is 3.51. The van der Waals surface area contributed by atoms with Gasteiger partial charge in [0.1, 0.15) is 5.60 Å². The molecule has 1 atom stereocenters. The number of carbonyl (C=O) groups is 1. The number of ether oxygens (including phenoxy) is 1. The molecule has 1 aliphatic carbocycles. The maximum atomic E-state index is 11.9. The van der Waals surface area contributed by atoms with E-state index in [2.05, 4.69) is 17.1 Å². The second-order valence-corrected chi connectivity index (χ2v) is 7.64. The summed E-state index contributed by atoms with van der Waals surface area (Å²) in [5, 5.41) is 3.04. The molecule has 0 radical (unpaired) electrons. The van der Waals surface area contributed by atoms with E-state index in [0.717, 1.165) is 19.4 Å². The van der Waals surface area contributed by atoms with Crippen molar-refractivity contribution in [2.45, 2.75) is 83.4 Å². The fourth-order valence-electron chi connectivity index (χ4n) is 3.51. The minimum Gasteiger partial charge on any atom is -0.444 e. The molecule has 4 nitrogen and oxygen atoms in total. The van der Waals surface area contributed by atoms with Gasteiger partial charge in [-0.1, -0.05) is 12.8 Å². The molecule has 0 aromatic heterocycles. The Balaban J connectivity index is 1.86. The van der Waals surface area contributed by atoms with Gasteiger partial charge in [0, 0.05) is 18.1 Å². The molecule has 2 fully saturated rings. The number of likely N-dealkylation sites (tertiary alicyclic amines) is 1. The first-order valence-electron chi connectivity index (χ1n) is 8.03. The second kappa shape index (κ2) is 5.92. The van der Waals surface area contributed by atoms with Gasteiger partial charge in [-0.25, -0.2) is 4.79 Å². The molecule has 0 aromatic rings. The van der Waals surface area contributed by atoms with E-state index in [0.29, 0.717) is 5.54 Å². The van der Waals surface area contributed by atoms with Crippen LogP contribution >= 0.6 is 0 Å². The van der Waals surface area contributed by atoms with Crippen LogP contribution in [0.1, 0.15) is 66.2 Å². The lowest BCUT2D eigenvalue weighted by molar-refractivity contribution is 0.0378. The lowest BCUT2D eigenvalue weighted by atomic mass is 9.93. The first-order valence-corrected chi connectivity index (χ1v) is 8.03. The summed E-state index contributed by atoms with van der Waals surface area (Å²) < 4.78 is 5.36. The predicted molar refractivity (Wildman–Crippen MR) is 80.8 cm³/mol. The van der Waals surface area contributed by atoms with Crippen LogP contribution in [0.4, 0.5) is 4.79 Å². The van der Waals surface area contributed by atoms with Crippen molar-refractivity contribution in [3.63, 3.8) is 0 Å². The third kappa shape index (κ3) is 4.11. The van der Waals surface area contributed by atoms with Crippen molar-refractivity contribution < 1.29 is 9.53 Å². The Morgan fingerprint density at radius 2 is 1.90 bits per heavy atom. The Morgan fingerprint density at radius 3 is 2.50 bits per heavy atom. The molecule has 1 saturated carbocycles. The van der Waals surface area contributed by atoms with Crippen LogP contribution in [0.3, 0.4) is 0 Å². The quantitative estimate of drug-likeness (QED) is 0.845. The van der Waals surface area contributed by atoms with Crippen molar-refractivity contribution >= 4 is 6.09 Å². The van der Waals surface area contributed by atoms with E-state index >= 15 is 0 Å². The monoisotopic (exact) mass is 282 g/mol. The van der Waals surface area contributed by atoms with Gasteiger partial charge in [-0.15, -0.1) is 0 Å². The highest BCUT2D eigenvalue weighted by Crippen LogP contribution is 2.36. The Morgan fingerprint density at radius 1 is 1.25 bits per heavy atom. The molecule has 0 unspecified atom stereocenters. The first kappa shape index (κ1) is 15.6. The Kier molecular flexibility index (Phi) is 4.62. The third-order valence-corrected chi connectivity index (χ3v) is 4.59. The van der Waals surface area contributed by atoms with Gasteiger partial charge in [0.2, 0.25) is 0 Å². The number of nitrogens with one attached hydrogen (secondary N) is 1. The maximum absolute atomic E-state index is 11.9. The van der Waals surface area contributed by atoms with Gasteiger partial charge in [-0.05, 0) is 59.9 Å². The number of carbonyl (C=O) groups excluding carboxylic acids is 1. The van der Waals surface area contributed by atoms with Crippen LogP contribution < -0.4 is 5.32 Å². The van der Waals surface area contributed by atoms with Gasteiger partial charge >= 0.3 is 6.09 Å². The van der Waals surface area contributed by atoms with Gasteiger partial charge in [0.15, 0.2) is 0 Å². The van der Waals surface area contributed by atoms with Crippen LogP contribution in [0.15, 0.2) is 0 Å². The number of nitrogens with zero attached hydrogens (tertiary/aromatic N) is 1. The first-order chi connectivity index (χ1) is 9.28. The number of hydrogen-bond acceptors (Lipinski definition) is 3. The molecule has 2 aliphatic rings. The summed E-state index contributed by atoms with van der Waals surface area (Å²) in [7, 11) is 0. The predicted octanol–water partition coefficient (Wildman–Crippen LogP) is 3.31. The molecular formula is C16H30N2O2. The smallest absolute Gasteiger partial charge is 0.407 e. The van der Waals surface area contributed by atoms with Crippen molar-refractivity contribution in [2.24, 2.45) is 0 Å². The second-order valence-electron chi connectivity index (χ2n) is 7.64. The lowest BCUT2D eigenvalue weighted by Gasteiger charge is -2.43. The molecule has 4 heteroatoms. The van der Waals surface area contributed by atoms with Crippen molar-refractivity contribution in [3.05, 3.63) is 0 Å². The lowest BCUT2D eigenvalue weighted by Crippen LogP contribution is -2.55. The zero-order valence-electron chi connectivity index (χ0n) is 13.5. The molecule has 20 heavy (non-hydrogen) atoms. The maximum Gasteiger partial charge on any atom is 0.407 e. The minimum absolute atomic E-state index is 0.232. The summed E-state index contributed by atoms with van der Waals surface area (Å²) >= 11 is 0. The highest BCUT2D eigenvalue weighted by atomic mass is 16.6. The topological polar surface area (TPSA) is 41.6 Å². The van der Waals surface area contributed by atoms with Crippen molar-refractivity contribution in [2.75, 3.05) is 13.1 Å². The molecule has 1 saturated heterocycles. The summed E-state index contributed by atoms with van der Waals surface area (Å²) in [6, 6.07) is 0.232. The summed E-state index contributed by atoms with van der Waals surface area (Å²) in [4.78, 5) is 14.5. The zero-order chi connectivity index (χ0) is 14.8. The number of amides is 1. The van der Waals surface area contributed by atoms with Gasteiger partial charge in [0.05, 0.1) is 0 Å². The van der Waals surface area contributed by atoms with E-state index in [1.54, 1.807) is 0 Å².